The van der Waals surface area contributed by atoms with Gasteiger partial charge in [0.1, 0.15) is 11.4 Å². The van der Waals surface area contributed by atoms with E-state index in [0.29, 0.717) is 22.7 Å². The van der Waals surface area contributed by atoms with Crippen LogP contribution in [0.4, 0.5) is 5.69 Å². The van der Waals surface area contributed by atoms with Crippen LogP contribution in [0.1, 0.15) is 18.7 Å². The minimum absolute atomic E-state index is 0.211. The van der Waals surface area contributed by atoms with Crippen molar-refractivity contribution in [3.63, 3.8) is 0 Å². The Bertz CT molecular complexity index is 809. The van der Waals surface area contributed by atoms with Gasteiger partial charge in [-0.2, -0.15) is 0 Å². The Balaban J connectivity index is 2.09. The van der Waals surface area contributed by atoms with Crippen molar-refractivity contribution >= 4 is 34.4 Å². The molecule has 5 nitrogen and oxygen atoms in total. The van der Waals surface area contributed by atoms with Gasteiger partial charge in [0.05, 0.1) is 18.4 Å². The van der Waals surface area contributed by atoms with Gasteiger partial charge in [0.2, 0.25) is 0 Å². The SMILES string of the molecule is COc1ccccc1NC1=C(c2cccs2)C(=O)N(C(C)C)C1=O. The molecule has 0 saturated heterocycles. The van der Waals surface area contributed by atoms with E-state index in [1.54, 1.807) is 13.2 Å². The van der Waals surface area contributed by atoms with Crippen LogP contribution in [-0.2, 0) is 9.59 Å². The molecule has 6 heteroatoms. The molecule has 0 aliphatic carbocycles. The lowest BCUT2D eigenvalue weighted by atomic mass is 10.1. The number of imide groups is 1. The number of nitrogens with zero attached hydrogens (tertiary/aromatic N) is 1. The van der Waals surface area contributed by atoms with Crippen LogP contribution in [-0.4, -0.2) is 29.9 Å². The normalized spacial score (nSPS) is 14.8. The van der Waals surface area contributed by atoms with Gasteiger partial charge in [0.15, 0.2) is 0 Å². The smallest absolute Gasteiger partial charge is 0.278 e. The lowest BCUT2D eigenvalue weighted by molar-refractivity contribution is -0.138. The third-order valence-corrected chi connectivity index (χ3v) is 4.65. The van der Waals surface area contributed by atoms with E-state index in [4.69, 9.17) is 4.74 Å². The molecule has 1 N–H and O–H groups in total. The lowest BCUT2D eigenvalue weighted by Crippen LogP contribution is -2.38. The topological polar surface area (TPSA) is 58.6 Å². The molecule has 0 unspecified atom stereocenters. The largest absolute Gasteiger partial charge is 0.495 e. The summed E-state index contributed by atoms with van der Waals surface area (Å²) in [7, 11) is 1.57. The molecule has 3 rings (SSSR count). The maximum Gasteiger partial charge on any atom is 0.278 e. The van der Waals surface area contributed by atoms with Crippen molar-refractivity contribution in [3.05, 3.63) is 52.4 Å². The quantitative estimate of drug-likeness (QED) is 0.847. The average Bonchev–Trinajstić information content (AvgIpc) is 3.15. The third kappa shape index (κ3) is 2.69. The summed E-state index contributed by atoms with van der Waals surface area (Å²) in [4.78, 5) is 27.7. The van der Waals surface area contributed by atoms with E-state index < -0.39 is 0 Å². The first-order chi connectivity index (χ1) is 11.5. The zero-order valence-electron chi connectivity index (χ0n) is 13.7. The van der Waals surface area contributed by atoms with Crippen LogP contribution in [0.2, 0.25) is 0 Å². The molecule has 24 heavy (non-hydrogen) atoms. The molecule has 0 atom stereocenters. The first kappa shape index (κ1) is 16.3. The molecule has 1 aromatic heterocycles. The number of benzene rings is 1. The van der Waals surface area contributed by atoms with Crippen molar-refractivity contribution in [2.75, 3.05) is 12.4 Å². The number of thiophene rings is 1. The van der Waals surface area contributed by atoms with Crippen molar-refractivity contribution < 1.29 is 14.3 Å². The van der Waals surface area contributed by atoms with E-state index in [9.17, 15) is 9.59 Å². The van der Waals surface area contributed by atoms with Gasteiger partial charge in [-0.05, 0) is 37.4 Å². The number of carbonyl (C=O) groups excluding carboxylic acids is 2. The fraction of sp³-hybridized carbons (Fsp3) is 0.222. The maximum atomic E-state index is 12.8. The lowest BCUT2D eigenvalue weighted by Gasteiger charge is -2.19. The van der Waals surface area contributed by atoms with E-state index in [1.165, 1.54) is 16.2 Å². The Hall–Kier alpha value is -2.60. The number of ether oxygens (including phenoxy) is 1. The fourth-order valence-corrected chi connectivity index (χ4v) is 3.43. The summed E-state index contributed by atoms with van der Waals surface area (Å²) < 4.78 is 5.33. The molecule has 1 aliphatic rings. The standard InChI is InChI=1S/C18H18N2O3S/c1-11(2)20-17(21)15(14-9-6-10-24-14)16(18(20)22)19-12-7-4-5-8-13(12)23-3/h4-11,19H,1-3H3. The summed E-state index contributed by atoms with van der Waals surface area (Å²) in [6.45, 7) is 3.65. The monoisotopic (exact) mass is 342 g/mol. The summed E-state index contributed by atoms with van der Waals surface area (Å²) in [6, 6.07) is 10.8. The molecular formula is C18H18N2O3S. The molecule has 2 amide bonds. The van der Waals surface area contributed by atoms with Crippen molar-refractivity contribution in [1.29, 1.82) is 0 Å². The maximum absolute atomic E-state index is 12.8. The van der Waals surface area contributed by atoms with E-state index in [2.05, 4.69) is 5.32 Å². The first-order valence-corrected chi connectivity index (χ1v) is 8.48. The Morgan fingerprint density at radius 3 is 2.46 bits per heavy atom. The third-order valence-electron chi connectivity index (χ3n) is 3.77. The predicted octanol–water partition coefficient (Wildman–Crippen LogP) is 3.36. The van der Waals surface area contributed by atoms with E-state index in [0.717, 1.165) is 4.88 Å². The molecule has 0 saturated carbocycles. The van der Waals surface area contributed by atoms with Crippen molar-refractivity contribution in [1.82, 2.24) is 4.90 Å². The number of hydrogen-bond donors (Lipinski definition) is 1. The Morgan fingerprint density at radius 1 is 1.08 bits per heavy atom. The second kappa shape index (κ2) is 6.49. The molecule has 0 fully saturated rings. The number of para-hydroxylation sites is 2. The highest BCUT2D eigenvalue weighted by atomic mass is 32.1. The van der Waals surface area contributed by atoms with Gasteiger partial charge in [-0.25, -0.2) is 0 Å². The molecule has 124 valence electrons. The van der Waals surface area contributed by atoms with E-state index in [-0.39, 0.29) is 17.9 Å². The highest BCUT2D eigenvalue weighted by molar-refractivity contribution is 7.11. The molecule has 0 radical (unpaired) electrons. The van der Waals surface area contributed by atoms with Gasteiger partial charge in [-0.3, -0.25) is 14.5 Å². The van der Waals surface area contributed by atoms with E-state index >= 15 is 0 Å². The number of carbonyl (C=O) groups is 2. The van der Waals surface area contributed by atoms with Crippen molar-refractivity contribution in [2.24, 2.45) is 0 Å². The van der Waals surface area contributed by atoms with Crippen LogP contribution in [0, 0.1) is 0 Å². The summed E-state index contributed by atoms with van der Waals surface area (Å²) in [5.41, 5.74) is 1.35. The van der Waals surface area contributed by atoms with Crippen LogP contribution < -0.4 is 10.1 Å². The molecule has 0 spiro atoms. The minimum Gasteiger partial charge on any atom is -0.495 e. The van der Waals surface area contributed by atoms with Crippen LogP contribution in [0.25, 0.3) is 5.57 Å². The van der Waals surface area contributed by atoms with Gasteiger partial charge in [-0.1, -0.05) is 18.2 Å². The van der Waals surface area contributed by atoms with Crippen LogP contribution in [0.5, 0.6) is 5.75 Å². The Labute approximate surface area is 144 Å². The molecule has 1 aliphatic heterocycles. The number of amides is 2. The molecule has 2 heterocycles. The highest BCUT2D eigenvalue weighted by Crippen LogP contribution is 2.35. The molecule has 0 bridgehead atoms. The van der Waals surface area contributed by atoms with Gasteiger partial charge >= 0.3 is 0 Å². The van der Waals surface area contributed by atoms with Crippen molar-refractivity contribution in [3.8, 4) is 5.75 Å². The summed E-state index contributed by atoms with van der Waals surface area (Å²) >= 11 is 1.44. The van der Waals surface area contributed by atoms with Gasteiger partial charge in [0.25, 0.3) is 11.8 Å². The number of hydrogen-bond acceptors (Lipinski definition) is 5. The molecular weight excluding hydrogens is 324 g/mol. The summed E-state index contributed by atoms with van der Waals surface area (Å²) in [6.07, 6.45) is 0. The van der Waals surface area contributed by atoms with Gasteiger partial charge < -0.3 is 10.1 Å². The van der Waals surface area contributed by atoms with Crippen LogP contribution >= 0.6 is 11.3 Å². The second-order valence-corrected chi connectivity index (χ2v) is 6.57. The fourth-order valence-electron chi connectivity index (χ4n) is 2.66. The van der Waals surface area contributed by atoms with Crippen LogP contribution in [0.15, 0.2) is 47.5 Å². The molecule has 2 aromatic rings. The first-order valence-electron chi connectivity index (χ1n) is 7.60. The van der Waals surface area contributed by atoms with Gasteiger partial charge in [-0.15, -0.1) is 11.3 Å². The zero-order chi connectivity index (χ0) is 17.3. The van der Waals surface area contributed by atoms with Gasteiger partial charge in [0, 0.05) is 10.9 Å². The number of anilines is 1. The minimum atomic E-state index is -0.315. The Morgan fingerprint density at radius 2 is 1.83 bits per heavy atom. The van der Waals surface area contributed by atoms with E-state index in [1.807, 2.05) is 49.6 Å². The number of methoxy groups -OCH3 is 1. The highest BCUT2D eigenvalue weighted by Gasteiger charge is 2.41. The summed E-state index contributed by atoms with van der Waals surface area (Å²) in [5.74, 6) is 0.0259. The predicted molar refractivity (Wildman–Crippen MR) is 94.8 cm³/mol. The Kier molecular flexibility index (Phi) is 4.40. The van der Waals surface area contributed by atoms with Crippen LogP contribution in [0.3, 0.4) is 0 Å². The number of nitrogens with one attached hydrogen (secondary N) is 1. The summed E-state index contributed by atoms with van der Waals surface area (Å²) in [5, 5.41) is 5.00. The second-order valence-electron chi connectivity index (χ2n) is 5.63. The average molecular weight is 342 g/mol. The zero-order valence-corrected chi connectivity index (χ0v) is 14.5. The van der Waals surface area contributed by atoms with Crippen molar-refractivity contribution in [2.45, 2.75) is 19.9 Å². The molecule has 1 aromatic carbocycles. The number of rotatable bonds is 5.